The number of nitriles is 1. The first-order valence-corrected chi connectivity index (χ1v) is 13.8. The van der Waals surface area contributed by atoms with Crippen LogP contribution in [0, 0.1) is 17.1 Å². The summed E-state index contributed by atoms with van der Waals surface area (Å²) in [7, 11) is 0. The zero-order valence-corrected chi connectivity index (χ0v) is 23.5. The van der Waals surface area contributed by atoms with Crippen molar-refractivity contribution in [3.63, 3.8) is 0 Å². The molecule has 1 unspecified atom stereocenters. The molecule has 5 nitrogen and oxygen atoms in total. The molecule has 1 aliphatic heterocycles. The number of ether oxygens (including phenoxy) is 1. The van der Waals surface area contributed by atoms with Crippen molar-refractivity contribution < 1.29 is 13.9 Å². The third-order valence-corrected chi connectivity index (χ3v) is 7.32. The first kappa shape index (κ1) is 28.6. The second-order valence-electron chi connectivity index (χ2n) is 11.0. The largest absolute Gasteiger partial charge is 0.444 e. The van der Waals surface area contributed by atoms with Crippen LogP contribution < -0.4 is 5.32 Å². The molecule has 0 radical (unpaired) electrons. The normalized spacial score (nSPS) is 16.7. The summed E-state index contributed by atoms with van der Waals surface area (Å²) in [6.07, 6.45) is 2.41. The van der Waals surface area contributed by atoms with Crippen molar-refractivity contribution >= 4 is 17.7 Å². The van der Waals surface area contributed by atoms with Gasteiger partial charge in [0, 0.05) is 47.7 Å². The first-order chi connectivity index (χ1) is 18.7. The lowest BCUT2D eigenvalue weighted by Crippen LogP contribution is -2.38. The Bertz CT molecular complexity index is 1330. The summed E-state index contributed by atoms with van der Waals surface area (Å²) in [4.78, 5) is 14.4. The number of hydrogen-bond acceptors (Lipinski definition) is 4. The Morgan fingerprint density at radius 1 is 1.10 bits per heavy atom. The van der Waals surface area contributed by atoms with E-state index in [4.69, 9.17) is 16.3 Å². The number of carbonyl (C=O) groups is 1. The monoisotopic (exact) mass is 547 g/mol. The van der Waals surface area contributed by atoms with Gasteiger partial charge in [0.05, 0.1) is 11.6 Å². The van der Waals surface area contributed by atoms with E-state index in [1.165, 1.54) is 12.1 Å². The highest BCUT2D eigenvalue weighted by molar-refractivity contribution is 6.33. The van der Waals surface area contributed by atoms with Gasteiger partial charge in [-0.05, 0) is 75.4 Å². The standard InChI is InChI=1S/C32H35ClFN3O2/c1-32(2,3)39-31(38)37-17-8-12-25(16-18-37)36-21-27(22-9-5-4-6-10-22)23-14-15-28(33)26(19-23)30-24(20-35)11-7-13-29(30)34/h4-7,9-11,13-15,19,25,27,36H,8,12,16-18,21H2,1-3H3/t25-,27?/m0/s1. The molecule has 4 rings (SSSR count). The Hall–Kier alpha value is -3.40. The van der Waals surface area contributed by atoms with Crippen LogP contribution in [0.4, 0.5) is 9.18 Å². The Balaban J connectivity index is 1.56. The van der Waals surface area contributed by atoms with Crippen LogP contribution in [0.5, 0.6) is 0 Å². The quantitative estimate of drug-likeness (QED) is 0.346. The topological polar surface area (TPSA) is 65.4 Å². The molecule has 1 fully saturated rings. The SMILES string of the molecule is CC(C)(C)OC(=O)N1CCC[C@H](NCC(c2ccccc2)c2ccc(Cl)c(-c3c(F)cccc3C#N)c2)CC1. The molecule has 3 aromatic carbocycles. The van der Waals surface area contributed by atoms with Crippen molar-refractivity contribution in [2.24, 2.45) is 0 Å². The molecule has 39 heavy (non-hydrogen) atoms. The summed E-state index contributed by atoms with van der Waals surface area (Å²) in [5.74, 6) is -0.500. The molecule has 1 amide bonds. The molecule has 1 saturated heterocycles. The van der Waals surface area contributed by atoms with E-state index in [0.29, 0.717) is 30.2 Å². The zero-order chi connectivity index (χ0) is 28.0. The van der Waals surface area contributed by atoms with Crippen LogP contribution in [0.3, 0.4) is 0 Å². The van der Waals surface area contributed by atoms with Crippen LogP contribution in [0.15, 0.2) is 66.7 Å². The average Bonchev–Trinajstić information content (AvgIpc) is 3.15. The van der Waals surface area contributed by atoms with Crippen LogP contribution >= 0.6 is 11.6 Å². The number of likely N-dealkylation sites (tertiary alicyclic amines) is 1. The molecule has 7 heteroatoms. The van der Waals surface area contributed by atoms with Crippen molar-refractivity contribution in [1.29, 1.82) is 5.26 Å². The molecular formula is C32H35ClFN3O2. The Kier molecular flexibility index (Phi) is 9.27. The highest BCUT2D eigenvalue weighted by Gasteiger charge is 2.26. The molecule has 204 valence electrons. The van der Waals surface area contributed by atoms with E-state index in [1.807, 2.05) is 51.1 Å². The Morgan fingerprint density at radius 3 is 2.59 bits per heavy atom. The van der Waals surface area contributed by atoms with Gasteiger partial charge in [-0.25, -0.2) is 9.18 Å². The summed E-state index contributed by atoms with van der Waals surface area (Å²) in [5.41, 5.74) is 2.56. The summed E-state index contributed by atoms with van der Waals surface area (Å²) in [6.45, 7) is 7.62. The lowest BCUT2D eigenvalue weighted by molar-refractivity contribution is 0.0256. The number of amides is 1. The van der Waals surface area contributed by atoms with Crippen LogP contribution in [0.25, 0.3) is 11.1 Å². The predicted molar refractivity (Wildman–Crippen MR) is 153 cm³/mol. The van der Waals surface area contributed by atoms with Crippen molar-refractivity contribution in [1.82, 2.24) is 10.2 Å². The lowest BCUT2D eigenvalue weighted by Gasteiger charge is -2.26. The minimum Gasteiger partial charge on any atom is -0.444 e. The molecule has 1 aliphatic rings. The van der Waals surface area contributed by atoms with E-state index in [-0.39, 0.29) is 29.2 Å². The van der Waals surface area contributed by atoms with Crippen molar-refractivity contribution in [3.05, 3.63) is 94.3 Å². The van der Waals surface area contributed by atoms with E-state index in [0.717, 1.165) is 30.4 Å². The van der Waals surface area contributed by atoms with E-state index in [1.54, 1.807) is 17.0 Å². The fourth-order valence-corrected chi connectivity index (χ4v) is 5.26. The predicted octanol–water partition coefficient (Wildman–Crippen LogP) is 7.53. The van der Waals surface area contributed by atoms with Gasteiger partial charge in [-0.1, -0.05) is 54.1 Å². The first-order valence-electron chi connectivity index (χ1n) is 13.4. The summed E-state index contributed by atoms with van der Waals surface area (Å²) < 4.78 is 20.5. The van der Waals surface area contributed by atoms with Crippen LogP contribution in [0.2, 0.25) is 5.02 Å². The zero-order valence-electron chi connectivity index (χ0n) is 22.7. The lowest BCUT2D eigenvalue weighted by atomic mass is 9.88. The number of halogens is 2. The van der Waals surface area contributed by atoms with Gasteiger partial charge in [0.15, 0.2) is 0 Å². The van der Waals surface area contributed by atoms with Crippen molar-refractivity contribution in [3.8, 4) is 17.2 Å². The van der Waals surface area contributed by atoms with E-state index >= 15 is 0 Å². The molecule has 1 heterocycles. The molecule has 0 bridgehead atoms. The molecule has 0 aliphatic carbocycles. The number of rotatable bonds is 6. The maximum atomic E-state index is 14.9. The fraction of sp³-hybridized carbons (Fsp3) is 0.375. The third-order valence-electron chi connectivity index (χ3n) is 6.99. The highest BCUT2D eigenvalue weighted by atomic mass is 35.5. The molecular weight excluding hydrogens is 513 g/mol. The van der Waals surface area contributed by atoms with E-state index in [2.05, 4.69) is 23.5 Å². The Morgan fingerprint density at radius 2 is 1.87 bits per heavy atom. The second-order valence-corrected chi connectivity index (χ2v) is 11.4. The second kappa shape index (κ2) is 12.6. The van der Waals surface area contributed by atoms with Crippen LogP contribution in [-0.2, 0) is 4.74 Å². The maximum absolute atomic E-state index is 14.9. The van der Waals surface area contributed by atoms with Crippen LogP contribution in [0.1, 0.15) is 62.6 Å². The van der Waals surface area contributed by atoms with Crippen LogP contribution in [-0.4, -0.2) is 42.3 Å². The summed E-state index contributed by atoms with van der Waals surface area (Å²) >= 11 is 6.54. The molecule has 3 aromatic rings. The third kappa shape index (κ3) is 7.38. The van der Waals surface area contributed by atoms with Crippen molar-refractivity contribution in [2.45, 2.75) is 57.6 Å². The molecule has 1 N–H and O–H groups in total. The molecule has 0 spiro atoms. The number of carbonyl (C=O) groups excluding carboxylic acids is 1. The fourth-order valence-electron chi connectivity index (χ4n) is 5.05. The molecule has 0 aromatic heterocycles. The minimum atomic E-state index is -0.516. The van der Waals surface area contributed by atoms with E-state index < -0.39 is 11.4 Å². The van der Waals surface area contributed by atoms with Gasteiger partial charge >= 0.3 is 6.09 Å². The van der Waals surface area contributed by atoms with Gasteiger partial charge in [0.25, 0.3) is 0 Å². The average molecular weight is 548 g/mol. The molecule has 0 saturated carbocycles. The van der Waals surface area contributed by atoms with Crippen molar-refractivity contribution in [2.75, 3.05) is 19.6 Å². The summed E-state index contributed by atoms with van der Waals surface area (Å²) in [5, 5.41) is 13.7. The number of hydrogen-bond donors (Lipinski definition) is 1. The van der Waals surface area contributed by atoms with Gasteiger partial charge < -0.3 is 15.0 Å². The smallest absolute Gasteiger partial charge is 0.410 e. The number of nitrogens with zero attached hydrogens (tertiary/aromatic N) is 2. The summed E-state index contributed by atoms with van der Waals surface area (Å²) in [6, 6.07) is 22.6. The maximum Gasteiger partial charge on any atom is 0.410 e. The highest BCUT2D eigenvalue weighted by Crippen LogP contribution is 2.36. The number of nitrogens with one attached hydrogen (secondary N) is 1. The minimum absolute atomic E-state index is 0.0234. The Labute approximate surface area is 235 Å². The van der Waals surface area contributed by atoms with Gasteiger partial charge in [-0.3, -0.25) is 0 Å². The van der Waals surface area contributed by atoms with Gasteiger partial charge in [-0.2, -0.15) is 5.26 Å². The molecule has 2 atom stereocenters. The van der Waals surface area contributed by atoms with Gasteiger partial charge in [-0.15, -0.1) is 0 Å². The number of benzene rings is 3. The van der Waals surface area contributed by atoms with Gasteiger partial charge in [0.1, 0.15) is 11.4 Å². The van der Waals surface area contributed by atoms with E-state index in [9.17, 15) is 14.4 Å². The van der Waals surface area contributed by atoms with Gasteiger partial charge in [0.2, 0.25) is 0 Å².